The maximum atomic E-state index is 10.5. The Labute approximate surface area is 112 Å². The normalized spacial score (nSPS) is 12.3. The van der Waals surface area contributed by atoms with Crippen molar-refractivity contribution in [3.05, 3.63) is 0 Å². The molecule has 0 fully saturated rings. The van der Waals surface area contributed by atoms with Crippen molar-refractivity contribution in [3.63, 3.8) is 0 Å². The Balaban J connectivity index is 3.09. The monoisotopic (exact) mass is 257 g/mol. The molecule has 0 aliphatic heterocycles. The predicted octanol–water partition coefficient (Wildman–Crippen LogP) is 4.78. The molecule has 0 radical (unpaired) electrons. The smallest absolute Gasteiger partial charge is 0.404 e. The van der Waals surface area contributed by atoms with E-state index >= 15 is 0 Å². The fraction of sp³-hybridized carbons (Fsp3) is 0.933. The molecule has 0 bridgehead atoms. The molecule has 0 saturated carbocycles. The number of unbranched alkanes of at least 4 members (excludes halogenated alkanes) is 9. The van der Waals surface area contributed by atoms with Crippen molar-refractivity contribution in [1.82, 2.24) is 0 Å². The first-order valence-electron chi connectivity index (χ1n) is 7.63. The highest BCUT2D eigenvalue weighted by atomic mass is 16.6. The highest BCUT2D eigenvalue weighted by molar-refractivity contribution is 5.64. The third kappa shape index (κ3) is 13.3. The zero-order valence-electron chi connectivity index (χ0n) is 12.2. The quantitative estimate of drug-likeness (QED) is 0.511. The second-order valence-corrected chi connectivity index (χ2v) is 5.22. The second-order valence-electron chi connectivity index (χ2n) is 5.22. The van der Waals surface area contributed by atoms with Crippen molar-refractivity contribution >= 4 is 6.09 Å². The zero-order chi connectivity index (χ0) is 13.6. The number of rotatable bonds is 12. The number of ether oxygens (including phenoxy) is 1. The zero-order valence-corrected chi connectivity index (χ0v) is 12.2. The molecular formula is C15H31NO2. The minimum atomic E-state index is -0.658. The van der Waals surface area contributed by atoms with E-state index in [-0.39, 0.29) is 6.10 Å². The van der Waals surface area contributed by atoms with E-state index in [0.29, 0.717) is 0 Å². The van der Waals surface area contributed by atoms with E-state index in [1.807, 2.05) is 6.92 Å². The minimum Gasteiger partial charge on any atom is -0.447 e. The Morgan fingerprint density at radius 1 is 0.944 bits per heavy atom. The van der Waals surface area contributed by atoms with Gasteiger partial charge in [0.1, 0.15) is 6.10 Å². The molecule has 1 atom stereocenters. The Hall–Kier alpha value is -0.730. The lowest BCUT2D eigenvalue weighted by atomic mass is 10.1. The molecule has 18 heavy (non-hydrogen) atoms. The summed E-state index contributed by atoms with van der Waals surface area (Å²) >= 11 is 0. The minimum absolute atomic E-state index is 0.0310. The van der Waals surface area contributed by atoms with Gasteiger partial charge in [0.25, 0.3) is 0 Å². The van der Waals surface area contributed by atoms with Crippen molar-refractivity contribution in [1.29, 1.82) is 0 Å². The molecule has 1 unspecified atom stereocenters. The molecule has 0 spiro atoms. The molecule has 0 rings (SSSR count). The molecule has 108 valence electrons. The Kier molecular flexibility index (Phi) is 12.2. The van der Waals surface area contributed by atoms with Crippen molar-refractivity contribution in [2.75, 3.05) is 0 Å². The van der Waals surface area contributed by atoms with Crippen LogP contribution in [0.25, 0.3) is 0 Å². The van der Waals surface area contributed by atoms with Crippen LogP contribution in [-0.2, 0) is 4.74 Å². The van der Waals surface area contributed by atoms with Crippen LogP contribution in [0.2, 0.25) is 0 Å². The van der Waals surface area contributed by atoms with Gasteiger partial charge in [0.2, 0.25) is 0 Å². The van der Waals surface area contributed by atoms with Gasteiger partial charge >= 0.3 is 6.09 Å². The maximum Gasteiger partial charge on any atom is 0.404 e. The Morgan fingerprint density at radius 2 is 1.39 bits per heavy atom. The summed E-state index contributed by atoms with van der Waals surface area (Å²) in [6, 6.07) is 0. The molecule has 0 aliphatic rings. The van der Waals surface area contributed by atoms with E-state index in [2.05, 4.69) is 6.92 Å². The van der Waals surface area contributed by atoms with Gasteiger partial charge in [-0.1, -0.05) is 64.7 Å². The van der Waals surface area contributed by atoms with Gasteiger partial charge in [0.05, 0.1) is 0 Å². The van der Waals surface area contributed by atoms with Gasteiger partial charge in [-0.2, -0.15) is 0 Å². The van der Waals surface area contributed by atoms with Crippen LogP contribution in [-0.4, -0.2) is 12.2 Å². The van der Waals surface area contributed by atoms with Gasteiger partial charge in [0.15, 0.2) is 0 Å². The van der Waals surface area contributed by atoms with Gasteiger partial charge in [-0.15, -0.1) is 0 Å². The van der Waals surface area contributed by atoms with Crippen LogP contribution in [0.5, 0.6) is 0 Å². The SMILES string of the molecule is CCCCCCCCCCCCC(C)OC(N)=O. The van der Waals surface area contributed by atoms with Gasteiger partial charge in [-0.3, -0.25) is 0 Å². The average molecular weight is 257 g/mol. The molecule has 0 heterocycles. The van der Waals surface area contributed by atoms with Gasteiger partial charge < -0.3 is 10.5 Å². The summed E-state index contributed by atoms with van der Waals surface area (Å²) in [6.07, 6.45) is 13.5. The summed E-state index contributed by atoms with van der Waals surface area (Å²) in [4.78, 5) is 10.5. The predicted molar refractivity (Wildman–Crippen MR) is 76.6 cm³/mol. The first-order valence-corrected chi connectivity index (χ1v) is 7.63. The topological polar surface area (TPSA) is 52.3 Å². The lowest BCUT2D eigenvalue weighted by Crippen LogP contribution is -2.20. The summed E-state index contributed by atoms with van der Waals surface area (Å²) in [5, 5.41) is 0. The maximum absolute atomic E-state index is 10.5. The number of hydrogen-bond acceptors (Lipinski definition) is 2. The molecule has 2 N–H and O–H groups in total. The molecule has 0 aromatic rings. The van der Waals surface area contributed by atoms with E-state index in [9.17, 15) is 4.79 Å². The van der Waals surface area contributed by atoms with Crippen molar-refractivity contribution < 1.29 is 9.53 Å². The van der Waals surface area contributed by atoms with Crippen LogP contribution in [0, 0.1) is 0 Å². The van der Waals surface area contributed by atoms with Crippen molar-refractivity contribution in [2.24, 2.45) is 5.73 Å². The summed E-state index contributed by atoms with van der Waals surface area (Å²) in [7, 11) is 0. The highest BCUT2D eigenvalue weighted by Gasteiger charge is 2.04. The van der Waals surface area contributed by atoms with Crippen LogP contribution in [0.15, 0.2) is 0 Å². The van der Waals surface area contributed by atoms with E-state index < -0.39 is 6.09 Å². The van der Waals surface area contributed by atoms with Crippen LogP contribution in [0.4, 0.5) is 4.79 Å². The molecule has 3 heteroatoms. The third-order valence-corrected chi connectivity index (χ3v) is 3.28. The van der Waals surface area contributed by atoms with Crippen LogP contribution in [0.1, 0.15) is 84.5 Å². The third-order valence-electron chi connectivity index (χ3n) is 3.28. The first-order chi connectivity index (χ1) is 8.66. The average Bonchev–Trinajstić information content (AvgIpc) is 2.30. The lowest BCUT2D eigenvalue weighted by Gasteiger charge is -2.10. The van der Waals surface area contributed by atoms with Crippen molar-refractivity contribution in [2.45, 2.75) is 90.6 Å². The van der Waals surface area contributed by atoms with E-state index in [0.717, 1.165) is 12.8 Å². The van der Waals surface area contributed by atoms with Crippen LogP contribution >= 0.6 is 0 Å². The lowest BCUT2D eigenvalue weighted by molar-refractivity contribution is 0.110. The molecule has 3 nitrogen and oxygen atoms in total. The summed E-state index contributed by atoms with van der Waals surface area (Å²) in [5.41, 5.74) is 4.95. The van der Waals surface area contributed by atoms with E-state index in [1.54, 1.807) is 0 Å². The molecule has 0 aliphatic carbocycles. The summed E-state index contributed by atoms with van der Waals surface area (Å²) in [5.74, 6) is 0. The number of hydrogen-bond donors (Lipinski definition) is 1. The fourth-order valence-electron chi connectivity index (χ4n) is 2.18. The van der Waals surface area contributed by atoms with Gasteiger partial charge in [-0.25, -0.2) is 4.79 Å². The molecule has 1 amide bonds. The number of carbonyl (C=O) groups is 1. The summed E-state index contributed by atoms with van der Waals surface area (Å²) < 4.78 is 4.87. The van der Waals surface area contributed by atoms with Gasteiger partial charge in [0, 0.05) is 0 Å². The molecule has 0 saturated heterocycles. The summed E-state index contributed by atoms with van der Waals surface area (Å²) in [6.45, 7) is 4.15. The standard InChI is InChI=1S/C15H31NO2/c1-3-4-5-6-7-8-9-10-11-12-13-14(2)18-15(16)17/h14H,3-13H2,1-2H3,(H2,16,17). The highest BCUT2D eigenvalue weighted by Crippen LogP contribution is 2.12. The van der Waals surface area contributed by atoms with E-state index in [1.165, 1.54) is 57.8 Å². The van der Waals surface area contributed by atoms with Gasteiger partial charge in [-0.05, 0) is 19.8 Å². The molecule has 0 aromatic carbocycles. The fourth-order valence-corrected chi connectivity index (χ4v) is 2.18. The Morgan fingerprint density at radius 3 is 1.83 bits per heavy atom. The number of nitrogens with two attached hydrogens (primary N) is 1. The number of primary amides is 1. The molecule has 0 aromatic heterocycles. The van der Waals surface area contributed by atoms with Crippen molar-refractivity contribution in [3.8, 4) is 0 Å². The second kappa shape index (κ2) is 12.7. The Bertz CT molecular complexity index is 195. The number of carbonyl (C=O) groups excluding carboxylic acids is 1. The first kappa shape index (κ1) is 17.3. The largest absolute Gasteiger partial charge is 0.447 e. The molecular weight excluding hydrogens is 226 g/mol. The van der Waals surface area contributed by atoms with Crippen LogP contribution < -0.4 is 5.73 Å². The van der Waals surface area contributed by atoms with Crippen LogP contribution in [0.3, 0.4) is 0 Å². The van der Waals surface area contributed by atoms with E-state index in [4.69, 9.17) is 10.5 Å². The number of amides is 1.